The Kier molecular flexibility index (Phi) is 5.45. The van der Waals surface area contributed by atoms with Crippen molar-refractivity contribution in [2.24, 2.45) is 0 Å². The van der Waals surface area contributed by atoms with Crippen LogP contribution in [0.4, 0.5) is 10.5 Å². The van der Waals surface area contributed by atoms with Crippen LogP contribution < -0.4 is 5.32 Å². The Morgan fingerprint density at radius 3 is 3.00 bits per heavy atom. The number of aromatic amines is 1. The highest BCUT2D eigenvalue weighted by atomic mass is 16.6. The molecule has 1 atom stereocenters. The number of benzene rings is 1. The number of nitrogens with one attached hydrogen (secondary N) is 2. The lowest BCUT2D eigenvalue weighted by atomic mass is 10.0. The topological polar surface area (TPSA) is 109 Å². The van der Waals surface area contributed by atoms with Crippen LogP contribution >= 0.6 is 0 Å². The molecular weight excluding hydrogens is 408 g/mol. The number of ether oxygens (including phenoxy) is 1. The lowest BCUT2D eigenvalue weighted by molar-refractivity contribution is 0.0875. The minimum absolute atomic E-state index is 0.0521. The molecule has 1 saturated heterocycles. The van der Waals surface area contributed by atoms with Crippen molar-refractivity contribution < 1.29 is 14.1 Å². The van der Waals surface area contributed by atoms with E-state index in [4.69, 9.17) is 9.26 Å². The first kappa shape index (κ1) is 20.0. The van der Waals surface area contributed by atoms with Gasteiger partial charge in [-0.05, 0) is 31.4 Å². The number of H-pyrrole nitrogens is 1. The minimum atomic E-state index is -0.297. The molecule has 32 heavy (non-hydrogen) atoms. The van der Waals surface area contributed by atoms with Gasteiger partial charge in [-0.15, -0.1) is 0 Å². The normalized spacial score (nSPS) is 16.3. The SMILES string of the molecule is Cc1noc(-c2cnc3[nH]ccc3c2N[C@@H]2CCCN(C(=O)OCc3ccccc3)C2)n1. The quantitative estimate of drug-likeness (QED) is 0.488. The van der Waals surface area contributed by atoms with E-state index in [0.717, 1.165) is 40.7 Å². The lowest BCUT2D eigenvalue weighted by Gasteiger charge is -2.33. The predicted octanol–water partition coefficient (Wildman–Crippen LogP) is 4.13. The van der Waals surface area contributed by atoms with Gasteiger partial charge in [0, 0.05) is 36.9 Å². The van der Waals surface area contributed by atoms with E-state index in [9.17, 15) is 4.79 Å². The van der Waals surface area contributed by atoms with Gasteiger partial charge in [-0.25, -0.2) is 9.78 Å². The number of rotatable bonds is 5. The maximum Gasteiger partial charge on any atom is 0.410 e. The van der Waals surface area contributed by atoms with Crippen LogP contribution in [0.15, 0.2) is 53.3 Å². The highest BCUT2D eigenvalue weighted by Crippen LogP contribution is 2.33. The largest absolute Gasteiger partial charge is 0.445 e. The van der Waals surface area contributed by atoms with Crippen LogP contribution in [0.5, 0.6) is 0 Å². The Bertz CT molecular complexity index is 1220. The first-order valence-electron chi connectivity index (χ1n) is 10.7. The Morgan fingerprint density at radius 1 is 1.31 bits per heavy atom. The van der Waals surface area contributed by atoms with Crippen molar-refractivity contribution in [1.29, 1.82) is 0 Å². The molecule has 4 heterocycles. The number of hydrogen-bond acceptors (Lipinski definition) is 7. The third-order valence-electron chi connectivity index (χ3n) is 5.58. The molecule has 5 rings (SSSR count). The number of hydrogen-bond donors (Lipinski definition) is 2. The van der Waals surface area contributed by atoms with Gasteiger partial charge in [0.25, 0.3) is 5.89 Å². The number of amides is 1. The summed E-state index contributed by atoms with van der Waals surface area (Å²) in [6.07, 6.45) is 5.09. The van der Waals surface area contributed by atoms with Crippen molar-refractivity contribution >= 4 is 22.8 Å². The van der Waals surface area contributed by atoms with Gasteiger partial charge in [0.2, 0.25) is 0 Å². The zero-order valence-corrected chi connectivity index (χ0v) is 17.7. The van der Waals surface area contributed by atoms with Gasteiger partial charge in [-0.1, -0.05) is 35.5 Å². The highest BCUT2D eigenvalue weighted by molar-refractivity contribution is 5.97. The second-order valence-corrected chi connectivity index (χ2v) is 7.90. The zero-order valence-electron chi connectivity index (χ0n) is 17.7. The fourth-order valence-electron chi connectivity index (χ4n) is 4.01. The molecule has 9 nitrogen and oxygen atoms in total. The van der Waals surface area contributed by atoms with Gasteiger partial charge in [0.05, 0.1) is 11.3 Å². The van der Waals surface area contributed by atoms with E-state index < -0.39 is 0 Å². The van der Waals surface area contributed by atoms with Crippen LogP contribution in [0, 0.1) is 6.92 Å². The smallest absolute Gasteiger partial charge is 0.410 e. The molecule has 4 aromatic rings. The molecule has 0 unspecified atom stereocenters. The first-order valence-corrected chi connectivity index (χ1v) is 10.7. The number of pyridine rings is 1. The first-order chi connectivity index (χ1) is 15.7. The lowest BCUT2D eigenvalue weighted by Crippen LogP contribution is -2.45. The van der Waals surface area contributed by atoms with Crippen molar-refractivity contribution in [1.82, 2.24) is 25.0 Å². The molecule has 0 saturated carbocycles. The minimum Gasteiger partial charge on any atom is -0.445 e. The summed E-state index contributed by atoms with van der Waals surface area (Å²) in [4.78, 5) is 26.4. The molecular formula is C23H24N6O3. The van der Waals surface area contributed by atoms with E-state index in [1.165, 1.54) is 0 Å². The zero-order chi connectivity index (χ0) is 21.9. The second-order valence-electron chi connectivity index (χ2n) is 7.90. The van der Waals surface area contributed by atoms with E-state index in [1.54, 1.807) is 18.0 Å². The summed E-state index contributed by atoms with van der Waals surface area (Å²) in [5.41, 5.74) is 3.34. The summed E-state index contributed by atoms with van der Waals surface area (Å²) in [7, 11) is 0. The second kappa shape index (κ2) is 8.70. The molecule has 2 N–H and O–H groups in total. The number of piperidine rings is 1. The third-order valence-corrected chi connectivity index (χ3v) is 5.58. The monoisotopic (exact) mass is 432 g/mol. The van der Waals surface area contributed by atoms with Crippen LogP contribution in [0.2, 0.25) is 0 Å². The number of nitrogens with zero attached hydrogens (tertiary/aromatic N) is 4. The number of likely N-dealkylation sites (tertiary alicyclic amines) is 1. The van der Waals surface area contributed by atoms with E-state index in [0.29, 0.717) is 24.8 Å². The summed E-state index contributed by atoms with van der Waals surface area (Å²) < 4.78 is 10.9. The number of aryl methyl sites for hydroxylation is 1. The molecule has 1 aliphatic rings. The maximum atomic E-state index is 12.7. The molecule has 1 amide bonds. The average molecular weight is 432 g/mol. The Balaban J connectivity index is 1.32. The fraction of sp³-hybridized carbons (Fsp3) is 0.304. The summed E-state index contributed by atoms with van der Waals surface area (Å²) in [6, 6.07) is 11.7. The van der Waals surface area contributed by atoms with E-state index in [2.05, 4.69) is 25.4 Å². The van der Waals surface area contributed by atoms with Crippen LogP contribution in [0.25, 0.3) is 22.5 Å². The number of aromatic nitrogens is 4. The molecule has 0 aliphatic carbocycles. The molecule has 9 heteroatoms. The molecule has 0 bridgehead atoms. The van der Waals surface area contributed by atoms with Gasteiger partial charge < -0.3 is 24.5 Å². The highest BCUT2D eigenvalue weighted by Gasteiger charge is 2.27. The number of fused-ring (bicyclic) bond motifs is 1. The van der Waals surface area contributed by atoms with Crippen molar-refractivity contribution in [2.75, 3.05) is 18.4 Å². The summed E-state index contributed by atoms with van der Waals surface area (Å²) in [5, 5.41) is 8.45. The van der Waals surface area contributed by atoms with Crippen molar-refractivity contribution in [2.45, 2.75) is 32.4 Å². The molecule has 0 spiro atoms. The van der Waals surface area contributed by atoms with Crippen LogP contribution in [-0.4, -0.2) is 50.2 Å². The molecule has 1 fully saturated rings. The van der Waals surface area contributed by atoms with Crippen molar-refractivity contribution in [3.05, 3.63) is 60.2 Å². The Hall–Kier alpha value is -3.88. The van der Waals surface area contributed by atoms with Crippen molar-refractivity contribution in [3.63, 3.8) is 0 Å². The van der Waals surface area contributed by atoms with Crippen molar-refractivity contribution in [3.8, 4) is 11.5 Å². The average Bonchev–Trinajstić information content (AvgIpc) is 3.48. The number of anilines is 1. The molecule has 1 aliphatic heterocycles. The van der Waals surface area contributed by atoms with E-state index in [1.807, 2.05) is 42.6 Å². The third kappa shape index (κ3) is 4.14. The number of carbonyl (C=O) groups excluding carboxylic acids is 1. The van der Waals surface area contributed by atoms with Gasteiger partial charge in [-0.2, -0.15) is 4.98 Å². The van der Waals surface area contributed by atoms with Gasteiger partial charge in [0.1, 0.15) is 12.3 Å². The van der Waals surface area contributed by atoms with E-state index >= 15 is 0 Å². The molecule has 164 valence electrons. The van der Waals surface area contributed by atoms with Gasteiger partial charge in [-0.3, -0.25) is 0 Å². The van der Waals surface area contributed by atoms with Gasteiger partial charge >= 0.3 is 6.09 Å². The fourth-order valence-corrected chi connectivity index (χ4v) is 4.01. The van der Waals surface area contributed by atoms with Gasteiger partial charge in [0.15, 0.2) is 5.82 Å². The Morgan fingerprint density at radius 2 is 2.19 bits per heavy atom. The van der Waals surface area contributed by atoms with Crippen LogP contribution in [-0.2, 0) is 11.3 Å². The van der Waals surface area contributed by atoms with E-state index in [-0.39, 0.29) is 18.7 Å². The van der Waals surface area contributed by atoms with Crippen LogP contribution in [0.1, 0.15) is 24.2 Å². The van der Waals surface area contributed by atoms with Crippen LogP contribution in [0.3, 0.4) is 0 Å². The maximum absolute atomic E-state index is 12.7. The summed E-state index contributed by atoms with van der Waals surface area (Å²) >= 11 is 0. The molecule has 1 aromatic carbocycles. The summed E-state index contributed by atoms with van der Waals surface area (Å²) in [5.74, 6) is 0.973. The number of carbonyl (C=O) groups is 1. The summed E-state index contributed by atoms with van der Waals surface area (Å²) in [6.45, 7) is 3.27. The molecule has 3 aromatic heterocycles. The standard InChI is InChI=1S/C23H24N6O3/c1-15-26-22(32-28-15)19-12-25-21-18(9-10-24-21)20(19)27-17-8-5-11-29(13-17)23(30)31-14-16-6-3-2-4-7-16/h2-4,6-7,9-10,12,17H,5,8,11,13-14H2,1H3,(H2,24,25,27)/t17-/m1/s1. The predicted molar refractivity (Wildman–Crippen MR) is 119 cm³/mol. The molecule has 0 radical (unpaired) electrons. The Labute approximate surface area is 184 Å².